The number of halogens is 4. The third-order valence-electron chi connectivity index (χ3n) is 4.15. The SMILES string of the molecule is CCn1c(-n2cncn2)nc2cncc(-c3ccc(Cl)c(C(F)(F)F)c3)c21. The number of pyridine rings is 1. The van der Waals surface area contributed by atoms with E-state index in [1.54, 1.807) is 6.20 Å². The summed E-state index contributed by atoms with van der Waals surface area (Å²) < 4.78 is 43.1. The number of aryl methyl sites for hydroxylation is 1. The molecule has 4 aromatic rings. The zero-order chi connectivity index (χ0) is 19.2. The van der Waals surface area contributed by atoms with E-state index in [0.717, 1.165) is 6.07 Å². The Morgan fingerprint density at radius 1 is 1.15 bits per heavy atom. The zero-order valence-electron chi connectivity index (χ0n) is 13.9. The van der Waals surface area contributed by atoms with Gasteiger partial charge in [0.2, 0.25) is 5.95 Å². The molecule has 6 nitrogen and oxygen atoms in total. The van der Waals surface area contributed by atoms with Crippen molar-refractivity contribution >= 4 is 22.6 Å². The van der Waals surface area contributed by atoms with Crippen molar-refractivity contribution in [2.45, 2.75) is 19.6 Å². The Bertz CT molecular complexity index is 1120. The molecule has 0 radical (unpaired) electrons. The van der Waals surface area contributed by atoms with Gasteiger partial charge < -0.3 is 4.57 Å². The van der Waals surface area contributed by atoms with Crippen molar-refractivity contribution < 1.29 is 13.2 Å². The lowest BCUT2D eigenvalue weighted by molar-refractivity contribution is -0.137. The van der Waals surface area contributed by atoms with E-state index in [2.05, 4.69) is 20.1 Å². The Labute approximate surface area is 156 Å². The molecule has 0 fully saturated rings. The Balaban J connectivity index is 1.99. The number of alkyl halides is 3. The van der Waals surface area contributed by atoms with Crippen LogP contribution in [0.5, 0.6) is 0 Å². The summed E-state index contributed by atoms with van der Waals surface area (Å²) in [5.41, 5.74) is 1.19. The van der Waals surface area contributed by atoms with Gasteiger partial charge in [-0.15, -0.1) is 0 Å². The third kappa shape index (κ3) is 2.93. The summed E-state index contributed by atoms with van der Waals surface area (Å²) in [6.07, 6.45) is 1.42. The fourth-order valence-electron chi connectivity index (χ4n) is 2.98. The van der Waals surface area contributed by atoms with Crippen LogP contribution in [-0.4, -0.2) is 29.3 Å². The number of aromatic nitrogens is 6. The second-order valence-electron chi connectivity index (χ2n) is 5.74. The predicted octanol–water partition coefficient (Wildman–Crippen LogP) is 4.37. The largest absolute Gasteiger partial charge is 0.417 e. The summed E-state index contributed by atoms with van der Waals surface area (Å²) in [5, 5.41) is 3.74. The van der Waals surface area contributed by atoms with Crippen molar-refractivity contribution in [3.05, 3.63) is 53.8 Å². The number of rotatable bonds is 3. The van der Waals surface area contributed by atoms with Crippen LogP contribution in [0.4, 0.5) is 13.2 Å². The highest BCUT2D eigenvalue weighted by Crippen LogP contribution is 2.38. The third-order valence-corrected chi connectivity index (χ3v) is 4.48. The van der Waals surface area contributed by atoms with Crippen molar-refractivity contribution in [2.24, 2.45) is 0 Å². The predicted molar refractivity (Wildman–Crippen MR) is 93.6 cm³/mol. The molecule has 3 heterocycles. The van der Waals surface area contributed by atoms with Gasteiger partial charge >= 0.3 is 6.18 Å². The fourth-order valence-corrected chi connectivity index (χ4v) is 3.21. The second kappa shape index (κ2) is 6.34. The van der Waals surface area contributed by atoms with Gasteiger partial charge in [0.1, 0.15) is 18.2 Å². The smallest absolute Gasteiger partial charge is 0.308 e. The van der Waals surface area contributed by atoms with Crippen LogP contribution in [0.2, 0.25) is 5.02 Å². The van der Waals surface area contributed by atoms with Crippen LogP contribution in [-0.2, 0) is 12.7 Å². The van der Waals surface area contributed by atoms with Crippen molar-refractivity contribution in [2.75, 3.05) is 0 Å². The van der Waals surface area contributed by atoms with Crippen molar-refractivity contribution in [3.63, 3.8) is 0 Å². The van der Waals surface area contributed by atoms with Crippen LogP contribution >= 0.6 is 11.6 Å². The fraction of sp³-hybridized carbons (Fsp3) is 0.176. The average molecular weight is 393 g/mol. The Kier molecular flexibility index (Phi) is 4.11. The van der Waals surface area contributed by atoms with Gasteiger partial charge in [0.15, 0.2) is 0 Å². The summed E-state index contributed by atoms with van der Waals surface area (Å²) >= 11 is 5.75. The van der Waals surface area contributed by atoms with Gasteiger partial charge in [-0.3, -0.25) is 4.98 Å². The van der Waals surface area contributed by atoms with Crippen molar-refractivity contribution in [1.29, 1.82) is 0 Å². The molecule has 0 saturated heterocycles. The van der Waals surface area contributed by atoms with Gasteiger partial charge in [0.05, 0.1) is 22.3 Å². The Morgan fingerprint density at radius 2 is 1.96 bits per heavy atom. The minimum atomic E-state index is -4.55. The molecule has 27 heavy (non-hydrogen) atoms. The van der Waals surface area contributed by atoms with E-state index >= 15 is 0 Å². The van der Waals surface area contributed by atoms with Crippen molar-refractivity contribution in [3.8, 4) is 17.1 Å². The number of hydrogen-bond donors (Lipinski definition) is 0. The van der Waals surface area contributed by atoms with E-state index in [9.17, 15) is 13.2 Å². The van der Waals surface area contributed by atoms with Crippen LogP contribution in [0.1, 0.15) is 12.5 Å². The van der Waals surface area contributed by atoms with Gasteiger partial charge in [-0.2, -0.15) is 23.0 Å². The molecule has 1 aromatic carbocycles. The maximum Gasteiger partial charge on any atom is 0.417 e. The number of benzene rings is 1. The Hall–Kier alpha value is -2.94. The first-order valence-electron chi connectivity index (χ1n) is 7.96. The molecule has 0 spiro atoms. The maximum atomic E-state index is 13.3. The average Bonchev–Trinajstić information content (AvgIpc) is 3.28. The summed E-state index contributed by atoms with van der Waals surface area (Å²) in [4.78, 5) is 12.6. The molecule has 0 unspecified atom stereocenters. The molecular weight excluding hydrogens is 381 g/mol. The monoisotopic (exact) mass is 392 g/mol. The number of imidazole rings is 1. The van der Waals surface area contributed by atoms with E-state index in [0.29, 0.717) is 34.7 Å². The van der Waals surface area contributed by atoms with E-state index in [4.69, 9.17) is 11.6 Å². The summed E-state index contributed by atoms with van der Waals surface area (Å²) in [5.74, 6) is 0.504. The van der Waals surface area contributed by atoms with E-state index in [1.807, 2.05) is 11.5 Å². The number of hydrogen-bond acceptors (Lipinski definition) is 4. The van der Waals surface area contributed by atoms with Crippen molar-refractivity contribution in [1.82, 2.24) is 29.3 Å². The summed E-state index contributed by atoms with van der Waals surface area (Å²) in [6, 6.07) is 3.81. The maximum absolute atomic E-state index is 13.3. The molecule has 0 aliphatic rings. The Morgan fingerprint density at radius 3 is 2.63 bits per heavy atom. The van der Waals surface area contributed by atoms with E-state index in [1.165, 1.54) is 35.7 Å². The molecule has 10 heteroatoms. The summed E-state index contributed by atoms with van der Waals surface area (Å²) in [7, 11) is 0. The van der Waals surface area contributed by atoms with Crippen LogP contribution in [0.15, 0.2) is 43.2 Å². The van der Waals surface area contributed by atoms with Crippen LogP contribution in [0.25, 0.3) is 28.1 Å². The number of nitrogens with zero attached hydrogens (tertiary/aromatic N) is 6. The molecular formula is C17H12ClF3N6. The molecule has 0 bridgehead atoms. The molecule has 0 N–H and O–H groups in total. The molecule has 0 aliphatic carbocycles. The molecule has 3 aromatic heterocycles. The lowest BCUT2D eigenvalue weighted by Crippen LogP contribution is -2.07. The summed E-state index contributed by atoms with van der Waals surface area (Å²) in [6.45, 7) is 2.44. The van der Waals surface area contributed by atoms with Crippen LogP contribution < -0.4 is 0 Å². The first-order valence-corrected chi connectivity index (χ1v) is 8.34. The van der Waals surface area contributed by atoms with E-state index < -0.39 is 11.7 Å². The molecule has 0 aliphatic heterocycles. The van der Waals surface area contributed by atoms with E-state index in [-0.39, 0.29) is 5.02 Å². The molecule has 0 atom stereocenters. The number of fused-ring (bicyclic) bond motifs is 1. The van der Waals surface area contributed by atoms with Crippen LogP contribution in [0, 0.1) is 0 Å². The van der Waals surface area contributed by atoms with Gasteiger partial charge in [0, 0.05) is 18.3 Å². The quantitative estimate of drug-likeness (QED) is 0.519. The normalized spacial score (nSPS) is 12.0. The second-order valence-corrected chi connectivity index (χ2v) is 6.15. The topological polar surface area (TPSA) is 61.4 Å². The van der Waals surface area contributed by atoms with Crippen LogP contribution in [0.3, 0.4) is 0 Å². The lowest BCUT2D eigenvalue weighted by atomic mass is 10.0. The first kappa shape index (κ1) is 17.5. The first-order chi connectivity index (χ1) is 12.9. The molecule has 0 saturated carbocycles. The highest BCUT2D eigenvalue weighted by atomic mass is 35.5. The van der Waals surface area contributed by atoms with Gasteiger partial charge in [-0.05, 0) is 24.6 Å². The highest BCUT2D eigenvalue weighted by Gasteiger charge is 2.33. The lowest BCUT2D eigenvalue weighted by Gasteiger charge is -2.13. The minimum Gasteiger partial charge on any atom is -0.308 e. The van der Waals surface area contributed by atoms with Gasteiger partial charge in [-0.25, -0.2) is 9.97 Å². The molecule has 138 valence electrons. The van der Waals surface area contributed by atoms with Gasteiger partial charge in [0.25, 0.3) is 0 Å². The molecule has 4 rings (SSSR count). The zero-order valence-corrected chi connectivity index (χ0v) is 14.7. The van der Waals surface area contributed by atoms with Gasteiger partial charge in [-0.1, -0.05) is 17.7 Å². The minimum absolute atomic E-state index is 0.348. The molecule has 0 amide bonds. The standard InChI is InChI=1S/C17H12ClF3N6/c1-2-26-15-11(10-3-4-13(18)12(5-10)17(19,20)21)6-22-7-14(15)25-16(26)27-9-23-8-24-27/h3-9H,2H2,1H3. The highest BCUT2D eigenvalue weighted by molar-refractivity contribution is 6.31.